The van der Waals surface area contributed by atoms with E-state index in [0.29, 0.717) is 13.1 Å². The molecular formula is C12H21N3O2. The number of hydrogen-bond donors (Lipinski definition) is 1. The summed E-state index contributed by atoms with van der Waals surface area (Å²) in [5.74, 6) is -0.158. The molecule has 0 saturated carbocycles. The lowest BCUT2D eigenvalue weighted by Gasteiger charge is -2.22. The molecule has 3 amide bonds. The van der Waals surface area contributed by atoms with Gasteiger partial charge in [0.2, 0.25) is 0 Å². The molecule has 0 radical (unpaired) electrons. The fourth-order valence-corrected chi connectivity index (χ4v) is 1.49. The molecule has 1 N–H and O–H groups in total. The molecule has 1 fully saturated rings. The van der Waals surface area contributed by atoms with Crippen LogP contribution in [0.4, 0.5) is 4.79 Å². The van der Waals surface area contributed by atoms with E-state index in [0.717, 1.165) is 5.57 Å². The van der Waals surface area contributed by atoms with Crippen molar-refractivity contribution in [1.29, 1.82) is 0 Å². The molecule has 0 aromatic heterocycles. The van der Waals surface area contributed by atoms with Crippen LogP contribution in [0.25, 0.3) is 0 Å². The average Bonchev–Trinajstić information content (AvgIpc) is 2.41. The third kappa shape index (κ3) is 3.85. The van der Waals surface area contributed by atoms with E-state index in [9.17, 15) is 9.59 Å². The van der Waals surface area contributed by atoms with Gasteiger partial charge in [0.15, 0.2) is 0 Å². The summed E-state index contributed by atoms with van der Waals surface area (Å²) in [6.45, 7) is 11.1. The maximum Gasteiger partial charge on any atom is 0.327 e. The Morgan fingerprint density at radius 2 is 2.00 bits per heavy atom. The summed E-state index contributed by atoms with van der Waals surface area (Å²) in [4.78, 5) is 25.8. The van der Waals surface area contributed by atoms with Crippen molar-refractivity contribution in [1.82, 2.24) is 15.1 Å². The van der Waals surface area contributed by atoms with E-state index in [2.05, 4.69) is 32.7 Å². The van der Waals surface area contributed by atoms with E-state index < -0.39 is 0 Å². The minimum atomic E-state index is -0.244. The lowest BCUT2D eigenvalue weighted by atomic mass is 10.1. The number of imide groups is 1. The number of likely N-dealkylation sites (N-methyl/N-ethyl adjacent to an activating group) is 1. The highest BCUT2D eigenvalue weighted by Crippen LogP contribution is 2.10. The second kappa shape index (κ2) is 4.87. The number of amides is 3. The molecule has 0 bridgehead atoms. The Morgan fingerprint density at radius 3 is 2.41 bits per heavy atom. The average molecular weight is 239 g/mol. The number of carbonyl (C=O) groups is 2. The molecule has 5 nitrogen and oxygen atoms in total. The first kappa shape index (κ1) is 13.7. The van der Waals surface area contributed by atoms with Crippen molar-refractivity contribution in [3.8, 4) is 0 Å². The highest BCUT2D eigenvalue weighted by molar-refractivity contribution is 6.02. The van der Waals surface area contributed by atoms with E-state index in [1.807, 2.05) is 0 Å². The maximum atomic E-state index is 11.6. The summed E-state index contributed by atoms with van der Waals surface area (Å²) in [7, 11) is 1.62. The van der Waals surface area contributed by atoms with Gasteiger partial charge in [-0.1, -0.05) is 6.58 Å². The first-order chi connectivity index (χ1) is 7.70. The third-order valence-corrected chi connectivity index (χ3v) is 2.48. The first-order valence-electron chi connectivity index (χ1n) is 5.68. The molecule has 5 heteroatoms. The van der Waals surface area contributed by atoms with Gasteiger partial charge in [-0.2, -0.15) is 0 Å². The van der Waals surface area contributed by atoms with Gasteiger partial charge in [-0.15, -0.1) is 0 Å². The van der Waals surface area contributed by atoms with Crippen molar-refractivity contribution >= 4 is 11.9 Å². The zero-order valence-electron chi connectivity index (χ0n) is 11.0. The summed E-state index contributed by atoms with van der Waals surface area (Å²) in [5, 5.41) is 3.27. The lowest BCUT2D eigenvalue weighted by Crippen LogP contribution is -2.40. The topological polar surface area (TPSA) is 52.7 Å². The molecule has 0 aliphatic carbocycles. The van der Waals surface area contributed by atoms with Crippen LogP contribution in [0.5, 0.6) is 0 Å². The van der Waals surface area contributed by atoms with Crippen molar-refractivity contribution in [3.63, 3.8) is 0 Å². The van der Waals surface area contributed by atoms with Gasteiger partial charge in [-0.25, -0.2) is 4.79 Å². The Morgan fingerprint density at radius 1 is 1.41 bits per heavy atom. The molecule has 0 spiro atoms. The highest BCUT2D eigenvalue weighted by atomic mass is 16.2. The lowest BCUT2D eigenvalue weighted by molar-refractivity contribution is -0.125. The van der Waals surface area contributed by atoms with E-state index in [1.165, 1.54) is 9.80 Å². The fourth-order valence-electron chi connectivity index (χ4n) is 1.49. The quantitative estimate of drug-likeness (QED) is 0.584. The minimum absolute atomic E-state index is 0.00123. The molecule has 1 aliphatic rings. The predicted molar refractivity (Wildman–Crippen MR) is 66.6 cm³/mol. The van der Waals surface area contributed by atoms with Crippen molar-refractivity contribution in [2.24, 2.45) is 0 Å². The van der Waals surface area contributed by atoms with Gasteiger partial charge in [0.1, 0.15) is 6.54 Å². The summed E-state index contributed by atoms with van der Waals surface area (Å²) in [6, 6.07) is -0.244. The molecule has 1 rings (SSSR count). The molecule has 0 unspecified atom stereocenters. The first-order valence-corrected chi connectivity index (χ1v) is 5.68. The van der Waals surface area contributed by atoms with E-state index in [4.69, 9.17) is 0 Å². The number of urea groups is 1. The van der Waals surface area contributed by atoms with Crippen molar-refractivity contribution < 1.29 is 9.59 Å². The summed E-state index contributed by atoms with van der Waals surface area (Å²) >= 11 is 0. The Hall–Kier alpha value is -1.36. The minimum Gasteiger partial charge on any atom is -0.318 e. The number of hydrogen-bond acceptors (Lipinski definition) is 3. The molecule has 1 saturated heterocycles. The Balaban J connectivity index is 2.47. The van der Waals surface area contributed by atoms with Crippen LogP contribution in [0.2, 0.25) is 0 Å². The van der Waals surface area contributed by atoms with Gasteiger partial charge in [0.25, 0.3) is 5.91 Å². The van der Waals surface area contributed by atoms with E-state index in [-0.39, 0.29) is 24.0 Å². The number of nitrogens with one attached hydrogen (secondary N) is 1. The van der Waals surface area contributed by atoms with Gasteiger partial charge in [0.05, 0.1) is 6.54 Å². The second-order valence-electron chi connectivity index (χ2n) is 5.47. The maximum absolute atomic E-state index is 11.6. The summed E-state index contributed by atoms with van der Waals surface area (Å²) < 4.78 is 0. The Labute approximate surface area is 102 Å². The fraction of sp³-hybridized carbons (Fsp3) is 0.667. The SMILES string of the molecule is C=C(CNC(C)(C)C)CN1C(=O)CN(C)C1=O. The van der Waals surface area contributed by atoms with E-state index in [1.54, 1.807) is 7.05 Å². The monoisotopic (exact) mass is 239 g/mol. The van der Waals surface area contributed by atoms with Gasteiger partial charge in [0, 0.05) is 19.1 Å². The number of nitrogens with zero attached hydrogens (tertiary/aromatic N) is 2. The molecular weight excluding hydrogens is 218 g/mol. The van der Waals surface area contributed by atoms with Gasteiger partial charge < -0.3 is 10.2 Å². The summed E-state index contributed by atoms with van der Waals surface area (Å²) in [5.41, 5.74) is 0.829. The number of carbonyl (C=O) groups excluding carboxylic acids is 2. The zero-order chi connectivity index (χ0) is 13.2. The van der Waals surface area contributed by atoms with Crippen LogP contribution in [0.1, 0.15) is 20.8 Å². The van der Waals surface area contributed by atoms with Gasteiger partial charge in [-0.3, -0.25) is 9.69 Å². The molecule has 0 atom stereocenters. The largest absolute Gasteiger partial charge is 0.327 e. The predicted octanol–water partition coefficient (Wildman–Crippen LogP) is 0.825. The molecule has 17 heavy (non-hydrogen) atoms. The zero-order valence-corrected chi connectivity index (χ0v) is 11.0. The molecule has 96 valence electrons. The standard InChI is InChI=1S/C12H21N3O2/c1-9(6-13-12(2,3)4)7-15-10(16)8-14(5)11(15)17/h13H,1,6-8H2,2-5H3. The van der Waals surface area contributed by atoms with Crippen LogP contribution < -0.4 is 5.32 Å². The highest BCUT2D eigenvalue weighted by Gasteiger charge is 2.33. The smallest absolute Gasteiger partial charge is 0.318 e. The van der Waals surface area contributed by atoms with Crippen molar-refractivity contribution in [2.45, 2.75) is 26.3 Å². The number of rotatable bonds is 4. The Bertz CT molecular complexity index is 344. The molecule has 1 aliphatic heterocycles. The Kier molecular flexibility index (Phi) is 3.93. The normalized spacial score (nSPS) is 16.9. The van der Waals surface area contributed by atoms with Crippen LogP contribution in [0.15, 0.2) is 12.2 Å². The van der Waals surface area contributed by atoms with Gasteiger partial charge >= 0.3 is 6.03 Å². The molecule has 0 aromatic carbocycles. The molecule has 1 heterocycles. The van der Waals surface area contributed by atoms with Crippen LogP contribution in [0.3, 0.4) is 0 Å². The second-order valence-corrected chi connectivity index (χ2v) is 5.47. The van der Waals surface area contributed by atoms with Crippen LogP contribution in [-0.4, -0.2) is 54.0 Å². The van der Waals surface area contributed by atoms with Crippen molar-refractivity contribution in [3.05, 3.63) is 12.2 Å². The van der Waals surface area contributed by atoms with Crippen LogP contribution >= 0.6 is 0 Å². The van der Waals surface area contributed by atoms with Crippen molar-refractivity contribution in [2.75, 3.05) is 26.7 Å². The van der Waals surface area contributed by atoms with Crippen LogP contribution in [0, 0.1) is 0 Å². The third-order valence-electron chi connectivity index (χ3n) is 2.48. The van der Waals surface area contributed by atoms with Crippen LogP contribution in [-0.2, 0) is 4.79 Å². The van der Waals surface area contributed by atoms with E-state index >= 15 is 0 Å². The molecule has 0 aromatic rings. The van der Waals surface area contributed by atoms with Gasteiger partial charge in [-0.05, 0) is 26.3 Å². The summed E-state index contributed by atoms with van der Waals surface area (Å²) in [6.07, 6.45) is 0.